The van der Waals surface area contributed by atoms with Crippen LogP contribution in [0.2, 0.25) is 0 Å². The summed E-state index contributed by atoms with van der Waals surface area (Å²) in [4.78, 5) is 12.5. The van der Waals surface area contributed by atoms with Crippen LogP contribution in [-0.2, 0) is 0 Å². The fourth-order valence-corrected chi connectivity index (χ4v) is 3.21. The van der Waals surface area contributed by atoms with Gasteiger partial charge in [0.15, 0.2) is 5.78 Å². The highest BCUT2D eigenvalue weighted by molar-refractivity contribution is 6.05. The molecule has 114 valence electrons. The SMILES string of the molecule is CC1(C)CC2=CCCCC=C2/C(=C/C(=O)c2ccccc2)N1. The number of rotatable bonds is 2. The highest BCUT2D eigenvalue weighted by atomic mass is 16.1. The van der Waals surface area contributed by atoms with Crippen LogP contribution in [0.25, 0.3) is 0 Å². The molecule has 1 N–H and O–H groups in total. The standard InChI is InChI=1S/C20H23NO/c1-20(2)14-16-11-7-4-8-12-17(16)18(21-20)13-19(22)15-9-5-3-6-10-15/h3,5-6,9-13,21H,4,7-8,14H2,1-2H3/b18-13-. The Morgan fingerprint density at radius 3 is 2.64 bits per heavy atom. The summed E-state index contributed by atoms with van der Waals surface area (Å²) in [5.74, 6) is 0.0605. The van der Waals surface area contributed by atoms with Crippen molar-refractivity contribution in [2.24, 2.45) is 0 Å². The Hall–Kier alpha value is -2.09. The molecule has 0 spiro atoms. The van der Waals surface area contributed by atoms with Gasteiger partial charge in [0.05, 0.1) is 0 Å². The Kier molecular flexibility index (Phi) is 4.02. The monoisotopic (exact) mass is 293 g/mol. The Morgan fingerprint density at radius 2 is 1.86 bits per heavy atom. The Balaban J connectivity index is 1.97. The van der Waals surface area contributed by atoms with Crippen molar-refractivity contribution in [2.75, 3.05) is 0 Å². The number of carbonyl (C=O) groups excluding carboxylic acids is 1. The average Bonchev–Trinajstić information content (AvgIpc) is 2.72. The first kappa shape index (κ1) is 14.8. The molecule has 3 rings (SSSR count). The molecule has 1 saturated heterocycles. The molecule has 1 aliphatic heterocycles. The molecule has 0 unspecified atom stereocenters. The first-order valence-corrected chi connectivity index (χ1v) is 8.04. The molecule has 0 saturated carbocycles. The second-order valence-corrected chi connectivity index (χ2v) is 6.75. The van der Waals surface area contributed by atoms with Gasteiger partial charge >= 0.3 is 0 Å². The van der Waals surface area contributed by atoms with Crippen LogP contribution >= 0.6 is 0 Å². The second-order valence-electron chi connectivity index (χ2n) is 6.75. The number of ketones is 1. The molecule has 1 aromatic carbocycles. The van der Waals surface area contributed by atoms with Gasteiger partial charge in [0.1, 0.15) is 0 Å². The van der Waals surface area contributed by atoms with E-state index in [0.717, 1.165) is 30.5 Å². The molecule has 1 fully saturated rings. The van der Waals surface area contributed by atoms with Crippen LogP contribution in [0.1, 0.15) is 49.9 Å². The third-order valence-electron chi connectivity index (χ3n) is 4.22. The predicted molar refractivity (Wildman–Crippen MR) is 90.7 cm³/mol. The van der Waals surface area contributed by atoms with Crippen molar-refractivity contribution in [3.63, 3.8) is 0 Å². The molecule has 22 heavy (non-hydrogen) atoms. The molecule has 0 aromatic heterocycles. The number of hydrogen-bond donors (Lipinski definition) is 1. The second kappa shape index (κ2) is 5.96. The summed E-state index contributed by atoms with van der Waals surface area (Å²) in [7, 11) is 0. The first-order valence-electron chi connectivity index (χ1n) is 8.04. The number of benzene rings is 1. The van der Waals surface area contributed by atoms with E-state index < -0.39 is 0 Å². The van der Waals surface area contributed by atoms with Crippen LogP contribution < -0.4 is 5.32 Å². The van der Waals surface area contributed by atoms with Crippen molar-refractivity contribution in [1.82, 2.24) is 5.32 Å². The quantitative estimate of drug-likeness (QED) is 0.639. The third-order valence-corrected chi connectivity index (χ3v) is 4.22. The van der Waals surface area contributed by atoms with Crippen LogP contribution in [0, 0.1) is 0 Å². The molecule has 0 bridgehead atoms. The van der Waals surface area contributed by atoms with Gasteiger partial charge in [-0.2, -0.15) is 0 Å². The Bertz CT molecular complexity index is 662. The molecule has 1 aromatic rings. The summed E-state index contributed by atoms with van der Waals surface area (Å²) >= 11 is 0. The highest BCUT2D eigenvalue weighted by Gasteiger charge is 2.30. The lowest BCUT2D eigenvalue weighted by Gasteiger charge is -2.37. The lowest BCUT2D eigenvalue weighted by atomic mass is 9.83. The topological polar surface area (TPSA) is 29.1 Å². The third kappa shape index (κ3) is 3.22. The summed E-state index contributed by atoms with van der Waals surface area (Å²) < 4.78 is 0. The molecule has 1 aliphatic carbocycles. The van der Waals surface area contributed by atoms with Crippen molar-refractivity contribution < 1.29 is 4.79 Å². The minimum atomic E-state index is -0.0175. The minimum absolute atomic E-state index is 0.0175. The van der Waals surface area contributed by atoms with Crippen molar-refractivity contribution in [3.05, 3.63) is 71.0 Å². The van der Waals surface area contributed by atoms with Crippen molar-refractivity contribution >= 4 is 5.78 Å². The molecule has 0 radical (unpaired) electrons. The van der Waals surface area contributed by atoms with Gasteiger partial charge in [0.2, 0.25) is 0 Å². The van der Waals surface area contributed by atoms with Gasteiger partial charge in [-0.1, -0.05) is 42.5 Å². The smallest absolute Gasteiger partial charge is 0.187 e. The molecule has 2 aliphatic rings. The van der Waals surface area contributed by atoms with E-state index in [2.05, 4.69) is 31.3 Å². The molecular formula is C20H23NO. The van der Waals surface area contributed by atoms with Crippen molar-refractivity contribution in [2.45, 2.75) is 45.1 Å². The normalized spacial score (nSPS) is 22.0. The zero-order chi connectivity index (χ0) is 15.6. The fraction of sp³-hybridized carbons (Fsp3) is 0.350. The maximum Gasteiger partial charge on any atom is 0.187 e. The van der Waals surface area contributed by atoms with E-state index >= 15 is 0 Å². The number of carbonyl (C=O) groups is 1. The predicted octanol–water partition coefficient (Wildman–Crippen LogP) is 4.56. The molecule has 2 heteroatoms. The lowest BCUT2D eigenvalue weighted by molar-refractivity contribution is 0.104. The van der Waals surface area contributed by atoms with E-state index in [0.29, 0.717) is 0 Å². The van der Waals surface area contributed by atoms with Crippen LogP contribution in [0.15, 0.2) is 65.4 Å². The fourth-order valence-electron chi connectivity index (χ4n) is 3.21. The maximum absolute atomic E-state index is 12.5. The Morgan fingerprint density at radius 1 is 1.14 bits per heavy atom. The number of piperidine rings is 1. The zero-order valence-electron chi connectivity index (χ0n) is 13.4. The maximum atomic E-state index is 12.5. The van der Waals surface area contributed by atoms with Crippen LogP contribution in [0.5, 0.6) is 0 Å². The number of allylic oxidation sites excluding steroid dienone is 4. The zero-order valence-corrected chi connectivity index (χ0v) is 13.4. The van der Waals surface area contributed by atoms with Gasteiger partial charge in [-0.15, -0.1) is 0 Å². The van der Waals surface area contributed by atoms with Crippen LogP contribution in [0.4, 0.5) is 0 Å². The summed E-state index contributed by atoms with van der Waals surface area (Å²) in [6.07, 6.45) is 10.8. The van der Waals surface area contributed by atoms with Crippen LogP contribution in [0.3, 0.4) is 0 Å². The highest BCUT2D eigenvalue weighted by Crippen LogP contribution is 2.35. The lowest BCUT2D eigenvalue weighted by Crippen LogP contribution is -2.43. The van der Waals surface area contributed by atoms with Crippen molar-refractivity contribution in [3.8, 4) is 0 Å². The van der Waals surface area contributed by atoms with Gasteiger partial charge in [-0.3, -0.25) is 4.79 Å². The summed E-state index contributed by atoms with van der Waals surface area (Å²) in [6, 6.07) is 9.47. The van der Waals surface area contributed by atoms with Gasteiger partial charge < -0.3 is 5.32 Å². The van der Waals surface area contributed by atoms with E-state index in [4.69, 9.17) is 0 Å². The molecular weight excluding hydrogens is 270 g/mol. The minimum Gasteiger partial charge on any atom is -0.379 e. The van der Waals surface area contributed by atoms with E-state index in [-0.39, 0.29) is 11.3 Å². The summed E-state index contributed by atoms with van der Waals surface area (Å²) in [6.45, 7) is 4.38. The molecule has 2 nitrogen and oxygen atoms in total. The van der Waals surface area contributed by atoms with E-state index in [9.17, 15) is 4.79 Å². The van der Waals surface area contributed by atoms with E-state index in [1.165, 1.54) is 17.6 Å². The van der Waals surface area contributed by atoms with E-state index in [1.807, 2.05) is 30.3 Å². The largest absolute Gasteiger partial charge is 0.379 e. The average molecular weight is 293 g/mol. The molecule has 0 amide bonds. The van der Waals surface area contributed by atoms with Crippen molar-refractivity contribution in [1.29, 1.82) is 0 Å². The summed E-state index contributed by atoms with van der Waals surface area (Å²) in [5.41, 5.74) is 4.30. The molecule has 1 heterocycles. The number of nitrogens with one attached hydrogen (secondary N) is 1. The van der Waals surface area contributed by atoms with Gasteiger partial charge in [0.25, 0.3) is 0 Å². The van der Waals surface area contributed by atoms with Gasteiger partial charge in [-0.25, -0.2) is 0 Å². The van der Waals surface area contributed by atoms with Gasteiger partial charge in [0, 0.05) is 22.9 Å². The Labute approximate surface area is 132 Å². The summed E-state index contributed by atoms with van der Waals surface area (Å²) in [5, 5.41) is 3.55. The van der Waals surface area contributed by atoms with Gasteiger partial charge in [-0.05, 0) is 50.7 Å². The van der Waals surface area contributed by atoms with E-state index in [1.54, 1.807) is 6.08 Å². The van der Waals surface area contributed by atoms with Crippen LogP contribution in [-0.4, -0.2) is 11.3 Å². The molecule has 0 atom stereocenters. The number of hydrogen-bond acceptors (Lipinski definition) is 2. The number of fused-ring (bicyclic) bond motifs is 1. The first-order chi connectivity index (χ1) is 10.6.